The third kappa shape index (κ3) is 5.88. The highest BCUT2D eigenvalue weighted by atomic mass is 16.5. The largest absolute Gasteiger partial charge is 0.394 e. The second-order valence-corrected chi connectivity index (χ2v) is 11.6. The summed E-state index contributed by atoms with van der Waals surface area (Å²) in [6, 6.07) is 15.6. The van der Waals surface area contributed by atoms with E-state index in [0.29, 0.717) is 31.3 Å². The van der Waals surface area contributed by atoms with Crippen LogP contribution in [-0.2, 0) is 18.4 Å². The first-order chi connectivity index (χ1) is 19.0. The van der Waals surface area contributed by atoms with Crippen LogP contribution < -0.4 is 5.32 Å². The number of nitrogens with one attached hydrogen (secondary N) is 1. The normalized spacial score (nSPS) is 19.5. The number of benzene rings is 2. The standard InChI is InChI=1S/C32H44N4O4/c1-20(2)23(5)33-32(39)34(6)17-28-21(3)16-36(22(4)18-37)31(38)30-29(25-13-9-8-12-24(25)19-40-28)26-14-10-11-15-27(26)35(30)7/h8-15,20-23,28,37H,16-19H2,1-7H3,(H,33,39)/t21-,22+,23-,28-/m1/s1. The van der Waals surface area contributed by atoms with Crippen molar-refractivity contribution in [3.63, 3.8) is 0 Å². The molecule has 40 heavy (non-hydrogen) atoms. The van der Waals surface area contributed by atoms with E-state index in [-0.39, 0.29) is 36.6 Å². The molecule has 0 unspecified atom stereocenters. The molecule has 0 fully saturated rings. The van der Waals surface area contributed by atoms with Gasteiger partial charge in [-0.2, -0.15) is 0 Å². The number of ether oxygens (including phenoxy) is 1. The average Bonchev–Trinajstić information content (AvgIpc) is 3.23. The van der Waals surface area contributed by atoms with Crippen molar-refractivity contribution < 1.29 is 19.4 Å². The minimum absolute atomic E-state index is 0.0413. The predicted molar refractivity (Wildman–Crippen MR) is 159 cm³/mol. The molecule has 3 aromatic rings. The van der Waals surface area contributed by atoms with Crippen molar-refractivity contribution in [1.82, 2.24) is 19.7 Å². The maximum atomic E-state index is 14.4. The van der Waals surface area contributed by atoms with Gasteiger partial charge in [0.25, 0.3) is 5.91 Å². The summed E-state index contributed by atoms with van der Waals surface area (Å²) in [7, 11) is 3.70. The van der Waals surface area contributed by atoms with Gasteiger partial charge < -0.3 is 29.5 Å². The fourth-order valence-corrected chi connectivity index (χ4v) is 5.35. The van der Waals surface area contributed by atoms with Crippen molar-refractivity contribution in [2.75, 3.05) is 26.7 Å². The van der Waals surface area contributed by atoms with Gasteiger partial charge in [-0.1, -0.05) is 63.2 Å². The van der Waals surface area contributed by atoms with Crippen molar-refractivity contribution in [3.05, 3.63) is 59.8 Å². The lowest BCUT2D eigenvalue weighted by atomic mass is 9.96. The number of nitrogens with zero attached hydrogens (tertiary/aromatic N) is 3. The molecule has 4 atom stereocenters. The van der Waals surface area contributed by atoms with Crippen LogP contribution in [0.25, 0.3) is 22.0 Å². The number of para-hydroxylation sites is 1. The van der Waals surface area contributed by atoms with Crippen molar-refractivity contribution in [2.45, 2.75) is 59.4 Å². The van der Waals surface area contributed by atoms with Crippen molar-refractivity contribution in [1.29, 1.82) is 0 Å². The summed E-state index contributed by atoms with van der Waals surface area (Å²) < 4.78 is 8.56. The van der Waals surface area contributed by atoms with Gasteiger partial charge in [-0.25, -0.2) is 4.79 Å². The third-order valence-electron chi connectivity index (χ3n) is 8.38. The monoisotopic (exact) mass is 548 g/mol. The maximum Gasteiger partial charge on any atom is 0.317 e. The summed E-state index contributed by atoms with van der Waals surface area (Å²) in [4.78, 5) is 30.8. The Kier molecular flexibility index (Phi) is 9.21. The van der Waals surface area contributed by atoms with Gasteiger partial charge in [-0.15, -0.1) is 0 Å². The fourth-order valence-electron chi connectivity index (χ4n) is 5.35. The molecule has 0 spiro atoms. The molecule has 2 heterocycles. The summed E-state index contributed by atoms with van der Waals surface area (Å²) in [6.07, 6.45) is -0.336. The molecule has 0 saturated heterocycles. The van der Waals surface area contributed by atoms with E-state index in [1.807, 2.05) is 74.9 Å². The lowest BCUT2D eigenvalue weighted by Gasteiger charge is -2.35. The molecule has 2 aromatic carbocycles. The molecule has 0 aliphatic carbocycles. The Morgan fingerprint density at radius 3 is 2.50 bits per heavy atom. The van der Waals surface area contributed by atoms with Crippen LogP contribution in [0.1, 0.15) is 50.7 Å². The molecule has 8 heteroatoms. The molecule has 1 aromatic heterocycles. The molecular weight excluding hydrogens is 504 g/mol. The zero-order valence-electron chi connectivity index (χ0n) is 24.8. The molecule has 3 amide bonds. The van der Waals surface area contributed by atoms with Gasteiger partial charge in [-0.3, -0.25) is 4.79 Å². The van der Waals surface area contributed by atoms with Crippen LogP contribution in [0.5, 0.6) is 0 Å². The van der Waals surface area contributed by atoms with E-state index in [1.165, 1.54) is 0 Å². The number of hydrogen-bond donors (Lipinski definition) is 2. The molecule has 1 aliphatic heterocycles. The van der Waals surface area contributed by atoms with Gasteiger partial charge in [0.15, 0.2) is 0 Å². The van der Waals surface area contributed by atoms with Gasteiger partial charge in [0.2, 0.25) is 0 Å². The van der Waals surface area contributed by atoms with Crippen LogP contribution in [0.3, 0.4) is 0 Å². The Balaban J connectivity index is 1.79. The molecule has 4 rings (SSSR count). The highest BCUT2D eigenvalue weighted by Gasteiger charge is 2.34. The van der Waals surface area contributed by atoms with Gasteiger partial charge in [0.05, 0.1) is 25.4 Å². The summed E-state index contributed by atoms with van der Waals surface area (Å²) in [6.45, 7) is 11.0. The third-order valence-corrected chi connectivity index (χ3v) is 8.38. The number of aliphatic hydroxyl groups excluding tert-OH is 1. The van der Waals surface area contributed by atoms with Crippen LogP contribution in [-0.4, -0.2) is 76.3 Å². The highest BCUT2D eigenvalue weighted by Crippen LogP contribution is 2.38. The first-order valence-corrected chi connectivity index (χ1v) is 14.3. The van der Waals surface area contributed by atoms with E-state index in [0.717, 1.165) is 27.6 Å². The Labute approximate surface area is 237 Å². The minimum atomic E-state index is -0.398. The van der Waals surface area contributed by atoms with E-state index in [9.17, 15) is 14.7 Å². The Hall–Kier alpha value is -3.36. The smallest absolute Gasteiger partial charge is 0.317 e. The molecule has 0 bridgehead atoms. The van der Waals surface area contributed by atoms with Crippen molar-refractivity contribution >= 4 is 22.8 Å². The van der Waals surface area contributed by atoms with Crippen LogP contribution in [0.4, 0.5) is 4.79 Å². The molecule has 1 aliphatic rings. The summed E-state index contributed by atoms with van der Waals surface area (Å²) >= 11 is 0. The van der Waals surface area contributed by atoms with E-state index < -0.39 is 6.04 Å². The average molecular weight is 549 g/mol. The zero-order valence-corrected chi connectivity index (χ0v) is 24.8. The molecule has 216 valence electrons. The Morgan fingerprint density at radius 1 is 1.12 bits per heavy atom. The first kappa shape index (κ1) is 29.6. The lowest BCUT2D eigenvalue weighted by Crippen LogP contribution is -2.50. The second kappa shape index (κ2) is 12.4. The number of aryl methyl sites for hydroxylation is 1. The van der Waals surface area contributed by atoms with Gasteiger partial charge >= 0.3 is 6.03 Å². The Bertz CT molecular complexity index is 1350. The van der Waals surface area contributed by atoms with Crippen molar-refractivity contribution in [2.24, 2.45) is 18.9 Å². The number of aliphatic hydroxyl groups is 1. The highest BCUT2D eigenvalue weighted by molar-refractivity contribution is 6.10. The quantitative estimate of drug-likeness (QED) is 0.459. The molecule has 0 saturated carbocycles. The van der Waals surface area contributed by atoms with E-state index >= 15 is 0 Å². The van der Waals surface area contributed by atoms with Gasteiger partial charge in [0.1, 0.15) is 5.69 Å². The zero-order chi connectivity index (χ0) is 29.1. The number of carbonyl (C=O) groups excluding carboxylic acids is 2. The molecule has 0 radical (unpaired) electrons. The fraction of sp³-hybridized carbons (Fsp3) is 0.500. The van der Waals surface area contributed by atoms with Crippen LogP contribution in [0.15, 0.2) is 48.5 Å². The number of likely N-dealkylation sites (N-methyl/N-ethyl adjacent to an activating group) is 1. The summed E-state index contributed by atoms with van der Waals surface area (Å²) in [5.74, 6) is 0.0761. The maximum absolute atomic E-state index is 14.4. The number of aromatic nitrogens is 1. The number of fused-ring (bicyclic) bond motifs is 5. The topological polar surface area (TPSA) is 87.0 Å². The van der Waals surface area contributed by atoms with Gasteiger partial charge in [0, 0.05) is 55.6 Å². The lowest BCUT2D eigenvalue weighted by molar-refractivity contribution is -0.0186. The van der Waals surface area contributed by atoms with Crippen molar-refractivity contribution in [3.8, 4) is 11.1 Å². The number of carbonyl (C=O) groups is 2. The molecule has 8 nitrogen and oxygen atoms in total. The molecule has 2 N–H and O–H groups in total. The predicted octanol–water partition coefficient (Wildman–Crippen LogP) is 4.89. The van der Waals surface area contributed by atoms with Crippen LogP contribution >= 0.6 is 0 Å². The second-order valence-electron chi connectivity index (χ2n) is 11.6. The number of urea groups is 1. The summed E-state index contributed by atoms with van der Waals surface area (Å²) in [5, 5.41) is 14.2. The Morgan fingerprint density at radius 2 is 1.80 bits per heavy atom. The minimum Gasteiger partial charge on any atom is -0.394 e. The van der Waals surface area contributed by atoms with E-state index in [1.54, 1.807) is 16.8 Å². The summed E-state index contributed by atoms with van der Waals surface area (Å²) in [5.41, 5.74) is 4.37. The molecular formula is C32H44N4O4. The van der Waals surface area contributed by atoms with E-state index in [2.05, 4.69) is 25.2 Å². The first-order valence-electron chi connectivity index (χ1n) is 14.3. The number of rotatable bonds is 6. The van der Waals surface area contributed by atoms with Crippen LogP contribution in [0.2, 0.25) is 0 Å². The van der Waals surface area contributed by atoms with Gasteiger partial charge in [-0.05, 0) is 37.0 Å². The van der Waals surface area contributed by atoms with Crippen LogP contribution in [0, 0.1) is 11.8 Å². The number of hydrogen-bond acceptors (Lipinski definition) is 4. The number of amides is 3. The SMILES string of the molecule is CC(C)[C@@H](C)NC(=O)N(C)C[C@H]1OCc2ccccc2-c2c(n(C)c3ccccc23)C(=O)N([C@@H](C)CO)C[C@H]1C. The van der Waals surface area contributed by atoms with E-state index in [4.69, 9.17) is 4.74 Å².